The van der Waals surface area contributed by atoms with Gasteiger partial charge in [-0.1, -0.05) is 29.8 Å². The lowest BCUT2D eigenvalue weighted by Gasteiger charge is -2.08. The topological polar surface area (TPSA) is 104 Å². The summed E-state index contributed by atoms with van der Waals surface area (Å²) in [7, 11) is 0. The maximum absolute atomic E-state index is 12.0. The number of phenolic OH excluding ortho intramolecular Hbond substituents is 1. The molecule has 0 aliphatic heterocycles. The normalized spacial score (nSPS) is 10.2. The second kappa shape index (κ2) is 7.41. The van der Waals surface area contributed by atoms with Crippen LogP contribution in [0.25, 0.3) is 0 Å². The fourth-order valence-electron chi connectivity index (χ4n) is 2.09. The van der Waals surface area contributed by atoms with E-state index in [1.807, 2.05) is 19.1 Å². The molecule has 0 spiro atoms. The van der Waals surface area contributed by atoms with E-state index in [1.165, 1.54) is 12.1 Å². The fraction of sp³-hybridized carbons (Fsp3) is 0.167. The van der Waals surface area contributed by atoms with Crippen LogP contribution in [0.15, 0.2) is 42.5 Å². The molecule has 124 valence electrons. The number of carboxylic acids is 1. The fourth-order valence-corrected chi connectivity index (χ4v) is 2.09. The monoisotopic (exact) mass is 327 g/mol. The molecule has 24 heavy (non-hydrogen) atoms. The third-order valence-corrected chi connectivity index (χ3v) is 3.47. The molecular formula is C18H17NO5. The van der Waals surface area contributed by atoms with Crippen LogP contribution in [-0.4, -0.2) is 27.9 Å². The van der Waals surface area contributed by atoms with Gasteiger partial charge in [0, 0.05) is 18.4 Å². The Morgan fingerprint density at radius 3 is 2.21 bits per heavy atom. The summed E-state index contributed by atoms with van der Waals surface area (Å²) < 4.78 is 0. The number of ketones is 1. The first-order chi connectivity index (χ1) is 11.4. The first-order valence-corrected chi connectivity index (χ1v) is 7.33. The quantitative estimate of drug-likeness (QED) is 0.559. The number of amides is 1. The largest absolute Gasteiger partial charge is 0.506 e. The number of aromatic hydroxyl groups is 1. The van der Waals surface area contributed by atoms with Gasteiger partial charge in [-0.3, -0.25) is 9.59 Å². The number of aryl methyl sites for hydroxylation is 1. The Morgan fingerprint density at radius 1 is 0.958 bits per heavy atom. The lowest BCUT2D eigenvalue weighted by Crippen LogP contribution is -2.14. The van der Waals surface area contributed by atoms with Crippen molar-refractivity contribution in [1.82, 2.24) is 0 Å². The first kappa shape index (κ1) is 17.2. The SMILES string of the molecule is Cc1ccc(C(=O)CCC(=O)Nc2cc(C(=O)O)ccc2O)cc1. The van der Waals surface area contributed by atoms with Crippen LogP contribution in [0, 0.1) is 6.92 Å². The average Bonchev–Trinajstić information content (AvgIpc) is 2.55. The molecule has 0 fully saturated rings. The Morgan fingerprint density at radius 2 is 1.58 bits per heavy atom. The van der Waals surface area contributed by atoms with Gasteiger partial charge in [0.15, 0.2) is 5.78 Å². The van der Waals surface area contributed by atoms with Gasteiger partial charge in [-0.05, 0) is 25.1 Å². The molecule has 2 rings (SSSR count). The number of nitrogens with one attached hydrogen (secondary N) is 1. The molecule has 1 amide bonds. The second-order valence-electron chi connectivity index (χ2n) is 5.37. The van der Waals surface area contributed by atoms with E-state index in [0.717, 1.165) is 11.6 Å². The Balaban J connectivity index is 1.96. The molecule has 0 aliphatic rings. The standard InChI is InChI=1S/C18H17NO5/c1-11-2-4-12(5-3-11)15(20)8-9-17(22)19-14-10-13(18(23)24)6-7-16(14)21/h2-7,10,21H,8-9H2,1H3,(H,19,22)(H,23,24). The zero-order valence-corrected chi connectivity index (χ0v) is 13.1. The van der Waals surface area contributed by atoms with E-state index in [0.29, 0.717) is 5.56 Å². The van der Waals surface area contributed by atoms with Gasteiger partial charge in [0.2, 0.25) is 5.91 Å². The summed E-state index contributed by atoms with van der Waals surface area (Å²) in [6, 6.07) is 10.6. The molecule has 0 unspecified atom stereocenters. The number of carboxylic acid groups (broad SMARTS) is 1. The predicted octanol–water partition coefficient (Wildman–Crippen LogP) is 3.00. The van der Waals surface area contributed by atoms with Crippen molar-refractivity contribution in [3.05, 3.63) is 59.2 Å². The maximum Gasteiger partial charge on any atom is 0.335 e. The van der Waals surface area contributed by atoms with E-state index >= 15 is 0 Å². The molecule has 0 bridgehead atoms. The van der Waals surface area contributed by atoms with E-state index in [1.54, 1.807) is 12.1 Å². The number of phenols is 1. The van der Waals surface area contributed by atoms with Crippen LogP contribution in [0.1, 0.15) is 39.1 Å². The van der Waals surface area contributed by atoms with Crippen LogP contribution < -0.4 is 5.32 Å². The minimum Gasteiger partial charge on any atom is -0.506 e. The van der Waals surface area contributed by atoms with Gasteiger partial charge in [-0.25, -0.2) is 4.79 Å². The van der Waals surface area contributed by atoms with Gasteiger partial charge < -0.3 is 15.5 Å². The molecule has 0 saturated carbocycles. The summed E-state index contributed by atoms with van der Waals surface area (Å²) in [5, 5.41) is 21.0. The average molecular weight is 327 g/mol. The molecule has 6 heteroatoms. The molecule has 3 N–H and O–H groups in total. The number of hydrogen-bond acceptors (Lipinski definition) is 4. The van der Waals surface area contributed by atoms with Crippen LogP contribution in [0.3, 0.4) is 0 Å². The second-order valence-corrected chi connectivity index (χ2v) is 5.37. The molecule has 0 atom stereocenters. The van der Waals surface area contributed by atoms with E-state index in [9.17, 15) is 19.5 Å². The molecule has 0 aliphatic carbocycles. The summed E-state index contributed by atoms with van der Waals surface area (Å²) in [5.74, 6) is -2.04. The molecule has 2 aromatic rings. The number of hydrogen-bond donors (Lipinski definition) is 3. The summed E-state index contributed by atoms with van der Waals surface area (Å²) in [6.07, 6.45) is -0.0439. The Bertz CT molecular complexity index is 780. The Kier molecular flexibility index (Phi) is 5.31. The Labute approximate surface area is 138 Å². The van der Waals surface area contributed by atoms with Gasteiger partial charge >= 0.3 is 5.97 Å². The highest BCUT2D eigenvalue weighted by Gasteiger charge is 2.13. The van der Waals surface area contributed by atoms with Crippen LogP contribution in [0.2, 0.25) is 0 Å². The summed E-state index contributed by atoms with van der Waals surface area (Å²) in [4.78, 5) is 34.8. The van der Waals surface area contributed by atoms with E-state index < -0.39 is 11.9 Å². The molecule has 0 heterocycles. The summed E-state index contributed by atoms with van der Waals surface area (Å²) in [6.45, 7) is 1.92. The predicted molar refractivity (Wildman–Crippen MR) is 88.4 cm³/mol. The Hall–Kier alpha value is -3.15. The highest BCUT2D eigenvalue weighted by atomic mass is 16.4. The number of aromatic carboxylic acids is 1. The smallest absolute Gasteiger partial charge is 0.335 e. The van der Waals surface area contributed by atoms with Crippen molar-refractivity contribution < 1.29 is 24.6 Å². The van der Waals surface area contributed by atoms with Gasteiger partial charge in [0.1, 0.15) is 5.75 Å². The van der Waals surface area contributed by atoms with Gasteiger partial charge in [0.25, 0.3) is 0 Å². The highest BCUT2D eigenvalue weighted by molar-refractivity contribution is 6.01. The van der Waals surface area contributed by atoms with Crippen molar-refractivity contribution in [1.29, 1.82) is 0 Å². The first-order valence-electron chi connectivity index (χ1n) is 7.33. The lowest BCUT2D eigenvalue weighted by atomic mass is 10.0. The van der Waals surface area contributed by atoms with Crippen LogP contribution in [0.4, 0.5) is 5.69 Å². The third-order valence-electron chi connectivity index (χ3n) is 3.47. The van der Waals surface area contributed by atoms with Crippen molar-refractivity contribution in [2.75, 3.05) is 5.32 Å². The number of carbonyl (C=O) groups excluding carboxylic acids is 2. The number of Topliss-reactive ketones (excluding diaryl/α,β-unsaturated/α-hetero) is 1. The zero-order chi connectivity index (χ0) is 17.7. The van der Waals surface area contributed by atoms with Gasteiger partial charge in [-0.15, -0.1) is 0 Å². The number of rotatable bonds is 6. The molecule has 2 aromatic carbocycles. The van der Waals surface area contributed by atoms with E-state index in [-0.39, 0.29) is 35.6 Å². The van der Waals surface area contributed by atoms with E-state index in [4.69, 9.17) is 5.11 Å². The van der Waals surface area contributed by atoms with Crippen molar-refractivity contribution in [3.63, 3.8) is 0 Å². The van der Waals surface area contributed by atoms with Crippen molar-refractivity contribution >= 4 is 23.3 Å². The van der Waals surface area contributed by atoms with Crippen LogP contribution >= 0.6 is 0 Å². The molecule has 0 aromatic heterocycles. The maximum atomic E-state index is 12.0. The number of carbonyl (C=O) groups is 3. The van der Waals surface area contributed by atoms with E-state index in [2.05, 4.69) is 5.32 Å². The molecule has 0 radical (unpaired) electrons. The molecule has 0 saturated heterocycles. The van der Waals surface area contributed by atoms with Crippen molar-refractivity contribution in [3.8, 4) is 5.75 Å². The van der Waals surface area contributed by atoms with Crippen molar-refractivity contribution in [2.45, 2.75) is 19.8 Å². The molecular weight excluding hydrogens is 310 g/mol. The lowest BCUT2D eigenvalue weighted by molar-refractivity contribution is -0.116. The zero-order valence-electron chi connectivity index (χ0n) is 13.1. The van der Waals surface area contributed by atoms with Gasteiger partial charge in [-0.2, -0.15) is 0 Å². The number of anilines is 1. The summed E-state index contributed by atoms with van der Waals surface area (Å²) >= 11 is 0. The third kappa shape index (κ3) is 4.42. The van der Waals surface area contributed by atoms with Crippen LogP contribution in [-0.2, 0) is 4.79 Å². The molecule has 6 nitrogen and oxygen atoms in total. The summed E-state index contributed by atoms with van der Waals surface area (Å²) in [5.41, 5.74) is 1.52. The van der Waals surface area contributed by atoms with Gasteiger partial charge in [0.05, 0.1) is 11.3 Å². The minimum absolute atomic E-state index is 0.00249. The van der Waals surface area contributed by atoms with Crippen molar-refractivity contribution in [2.24, 2.45) is 0 Å². The minimum atomic E-state index is -1.17. The highest BCUT2D eigenvalue weighted by Crippen LogP contribution is 2.24. The number of benzene rings is 2. The van der Waals surface area contributed by atoms with Crippen LogP contribution in [0.5, 0.6) is 5.75 Å².